The highest BCUT2D eigenvalue weighted by Gasteiger charge is 2.24. The fourth-order valence-electron chi connectivity index (χ4n) is 1.66. The lowest BCUT2D eigenvalue weighted by Gasteiger charge is -2.13. The zero-order valence-electron chi connectivity index (χ0n) is 9.02. The van der Waals surface area contributed by atoms with E-state index in [1.807, 2.05) is 0 Å². The van der Waals surface area contributed by atoms with Crippen LogP contribution in [0.15, 0.2) is 10.6 Å². The minimum absolute atomic E-state index is 0.273. The lowest BCUT2D eigenvalue weighted by Crippen LogP contribution is -2.37. The van der Waals surface area contributed by atoms with Gasteiger partial charge < -0.3 is 9.42 Å². The highest BCUT2D eigenvalue weighted by Crippen LogP contribution is 2.10. The summed E-state index contributed by atoms with van der Waals surface area (Å²) in [6.45, 7) is 3.03. The van der Waals surface area contributed by atoms with Gasteiger partial charge in [-0.25, -0.2) is 0 Å². The second-order valence-electron chi connectivity index (χ2n) is 3.78. The third-order valence-corrected chi connectivity index (χ3v) is 2.46. The second kappa shape index (κ2) is 4.34. The summed E-state index contributed by atoms with van der Waals surface area (Å²) in [6.07, 6.45) is 1.92. The van der Waals surface area contributed by atoms with Crippen LogP contribution in [0.25, 0.3) is 0 Å². The standard InChI is InChI=1S/C10H13N3O3/c1-7-6-8(12-16-7)11-9(14)10(15)13-4-2-3-5-13/h6H,2-5H2,1H3,(H,11,12,14). The predicted octanol–water partition coefficient (Wildman–Crippen LogP) is 0.544. The number of anilines is 1. The quantitative estimate of drug-likeness (QED) is 0.705. The van der Waals surface area contributed by atoms with Gasteiger partial charge in [-0.1, -0.05) is 5.16 Å². The summed E-state index contributed by atoms with van der Waals surface area (Å²) in [5.74, 6) is -0.299. The molecule has 1 fully saturated rings. The molecule has 1 aliphatic heterocycles. The van der Waals surface area contributed by atoms with Crippen molar-refractivity contribution in [3.05, 3.63) is 11.8 Å². The molecule has 6 heteroatoms. The molecule has 86 valence electrons. The van der Waals surface area contributed by atoms with Gasteiger partial charge in [0.25, 0.3) is 0 Å². The van der Waals surface area contributed by atoms with Crippen molar-refractivity contribution in [2.45, 2.75) is 19.8 Å². The molecule has 2 rings (SSSR count). The van der Waals surface area contributed by atoms with Gasteiger partial charge in [0.2, 0.25) is 0 Å². The number of nitrogens with one attached hydrogen (secondary N) is 1. The average molecular weight is 223 g/mol. The minimum atomic E-state index is -0.657. The van der Waals surface area contributed by atoms with Crippen LogP contribution >= 0.6 is 0 Å². The van der Waals surface area contributed by atoms with Gasteiger partial charge in [0.15, 0.2) is 5.82 Å². The van der Waals surface area contributed by atoms with Crippen LogP contribution in [0.4, 0.5) is 5.82 Å². The number of likely N-dealkylation sites (tertiary alicyclic amines) is 1. The van der Waals surface area contributed by atoms with E-state index in [9.17, 15) is 9.59 Å². The molecule has 1 aliphatic rings. The van der Waals surface area contributed by atoms with Crippen LogP contribution in [-0.4, -0.2) is 35.0 Å². The third-order valence-electron chi connectivity index (χ3n) is 2.46. The maximum Gasteiger partial charge on any atom is 0.315 e. The molecule has 2 heterocycles. The Bertz CT molecular complexity index is 407. The van der Waals surface area contributed by atoms with Gasteiger partial charge in [-0.05, 0) is 19.8 Å². The first-order valence-corrected chi connectivity index (χ1v) is 5.20. The van der Waals surface area contributed by atoms with E-state index >= 15 is 0 Å². The van der Waals surface area contributed by atoms with E-state index in [-0.39, 0.29) is 5.82 Å². The molecule has 0 aliphatic carbocycles. The molecule has 0 bridgehead atoms. The van der Waals surface area contributed by atoms with Crippen LogP contribution in [0, 0.1) is 6.92 Å². The molecule has 1 aromatic rings. The maximum absolute atomic E-state index is 11.6. The largest absolute Gasteiger partial charge is 0.360 e. The van der Waals surface area contributed by atoms with Crippen molar-refractivity contribution in [1.29, 1.82) is 0 Å². The zero-order valence-corrected chi connectivity index (χ0v) is 9.02. The van der Waals surface area contributed by atoms with E-state index in [2.05, 4.69) is 10.5 Å². The van der Waals surface area contributed by atoms with Crippen LogP contribution in [0.1, 0.15) is 18.6 Å². The van der Waals surface area contributed by atoms with Gasteiger partial charge in [0.05, 0.1) is 0 Å². The maximum atomic E-state index is 11.6. The number of hydrogen-bond acceptors (Lipinski definition) is 4. The number of amides is 2. The minimum Gasteiger partial charge on any atom is -0.360 e. The highest BCUT2D eigenvalue weighted by molar-refractivity contribution is 6.39. The fourth-order valence-corrected chi connectivity index (χ4v) is 1.66. The molecule has 0 spiro atoms. The average Bonchev–Trinajstić information content (AvgIpc) is 2.88. The van der Waals surface area contributed by atoms with Crippen LogP contribution in [0.5, 0.6) is 0 Å². The fraction of sp³-hybridized carbons (Fsp3) is 0.500. The van der Waals surface area contributed by atoms with Crippen molar-refractivity contribution < 1.29 is 14.1 Å². The Morgan fingerprint density at radius 1 is 1.44 bits per heavy atom. The Hall–Kier alpha value is -1.85. The first kappa shape index (κ1) is 10.7. The van der Waals surface area contributed by atoms with E-state index < -0.39 is 11.8 Å². The molecule has 0 aromatic carbocycles. The lowest BCUT2D eigenvalue weighted by molar-refractivity contribution is -0.142. The SMILES string of the molecule is Cc1cc(NC(=O)C(=O)N2CCCC2)no1. The molecule has 16 heavy (non-hydrogen) atoms. The van der Waals surface area contributed by atoms with Crippen molar-refractivity contribution in [2.24, 2.45) is 0 Å². The summed E-state index contributed by atoms with van der Waals surface area (Å²) in [5, 5.41) is 5.99. The van der Waals surface area contributed by atoms with Crippen LogP contribution in [-0.2, 0) is 9.59 Å². The van der Waals surface area contributed by atoms with Crippen molar-refractivity contribution in [3.63, 3.8) is 0 Å². The number of carbonyl (C=O) groups is 2. The summed E-state index contributed by atoms with van der Waals surface area (Å²) in [6, 6.07) is 1.56. The molecule has 0 atom stereocenters. The normalized spacial score (nSPS) is 15.2. The molecule has 0 saturated carbocycles. The van der Waals surface area contributed by atoms with Crippen molar-refractivity contribution in [1.82, 2.24) is 10.1 Å². The first-order valence-electron chi connectivity index (χ1n) is 5.20. The first-order chi connectivity index (χ1) is 7.66. The molecule has 0 radical (unpaired) electrons. The number of aromatic nitrogens is 1. The molecular formula is C10H13N3O3. The summed E-state index contributed by atoms with van der Waals surface area (Å²) in [5.41, 5.74) is 0. The second-order valence-corrected chi connectivity index (χ2v) is 3.78. The molecular weight excluding hydrogens is 210 g/mol. The Balaban J connectivity index is 1.94. The van der Waals surface area contributed by atoms with Crippen molar-refractivity contribution >= 4 is 17.6 Å². The summed E-state index contributed by atoms with van der Waals surface area (Å²) in [7, 11) is 0. The smallest absolute Gasteiger partial charge is 0.315 e. The van der Waals surface area contributed by atoms with E-state index in [0.29, 0.717) is 18.8 Å². The Labute approximate surface area is 92.6 Å². The van der Waals surface area contributed by atoms with E-state index in [0.717, 1.165) is 12.8 Å². The Kier molecular flexibility index (Phi) is 2.89. The zero-order chi connectivity index (χ0) is 11.5. The van der Waals surface area contributed by atoms with Crippen LogP contribution in [0.2, 0.25) is 0 Å². The molecule has 2 amide bonds. The predicted molar refractivity (Wildman–Crippen MR) is 55.7 cm³/mol. The van der Waals surface area contributed by atoms with Crippen LogP contribution in [0.3, 0.4) is 0 Å². The van der Waals surface area contributed by atoms with E-state index in [4.69, 9.17) is 4.52 Å². The number of nitrogens with zero attached hydrogens (tertiary/aromatic N) is 2. The van der Waals surface area contributed by atoms with Crippen molar-refractivity contribution in [2.75, 3.05) is 18.4 Å². The molecule has 0 unspecified atom stereocenters. The number of aryl methyl sites for hydroxylation is 1. The number of hydrogen-bond donors (Lipinski definition) is 1. The van der Waals surface area contributed by atoms with Gasteiger partial charge in [-0.3, -0.25) is 14.9 Å². The lowest BCUT2D eigenvalue weighted by atomic mass is 10.4. The number of carbonyl (C=O) groups excluding carboxylic acids is 2. The van der Waals surface area contributed by atoms with Gasteiger partial charge in [-0.15, -0.1) is 0 Å². The van der Waals surface area contributed by atoms with E-state index in [1.165, 1.54) is 0 Å². The van der Waals surface area contributed by atoms with Crippen molar-refractivity contribution in [3.8, 4) is 0 Å². The third kappa shape index (κ3) is 2.21. The molecule has 1 aromatic heterocycles. The monoisotopic (exact) mass is 223 g/mol. The van der Waals surface area contributed by atoms with Gasteiger partial charge >= 0.3 is 11.8 Å². The van der Waals surface area contributed by atoms with Gasteiger partial charge in [0.1, 0.15) is 5.76 Å². The Morgan fingerprint density at radius 2 is 2.12 bits per heavy atom. The van der Waals surface area contributed by atoms with Gasteiger partial charge in [-0.2, -0.15) is 0 Å². The Morgan fingerprint density at radius 3 is 2.69 bits per heavy atom. The topological polar surface area (TPSA) is 75.4 Å². The molecule has 1 N–H and O–H groups in total. The van der Waals surface area contributed by atoms with Gasteiger partial charge in [0, 0.05) is 19.2 Å². The summed E-state index contributed by atoms with van der Waals surface area (Å²) in [4.78, 5) is 24.7. The highest BCUT2D eigenvalue weighted by atomic mass is 16.5. The number of rotatable bonds is 1. The van der Waals surface area contributed by atoms with Crippen LogP contribution < -0.4 is 5.32 Å². The molecule has 6 nitrogen and oxygen atoms in total. The van der Waals surface area contributed by atoms with E-state index in [1.54, 1.807) is 17.9 Å². The summed E-state index contributed by atoms with van der Waals surface area (Å²) >= 11 is 0. The molecule has 1 saturated heterocycles. The summed E-state index contributed by atoms with van der Waals surface area (Å²) < 4.78 is 4.78.